The van der Waals surface area contributed by atoms with E-state index in [0.29, 0.717) is 5.75 Å². The van der Waals surface area contributed by atoms with E-state index >= 15 is 0 Å². The van der Waals surface area contributed by atoms with Crippen LogP contribution in [0.2, 0.25) is 0 Å². The molecule has 0 aliphatic rings. The molecule has 1 aromatic heterocycles. The lowest BCUT2D eigenvalue weighted by atomic mass is 10.1. The molecule has 0 unspecified atom stereocenters. The van der Waals surface area contributed by atoms with Gasteiger partial charge in [-0.15, -0.1) is 0 Å². The second kappa shape index (κ2) is 3.69. The predicted octanol–water partition coefficient (Wildman–Crippen LogP) is 2.47. The Morgan fingerprint density at radius 2 is 2.13 bits per heavy atom. The monoisotopic (exact) mass is 201 g/mol. The van der Waals surface area contributed by atoms with Gasteiger partial charge < -0.3 is 4.74 Å². The number of fused-ring (bicyclic) bond motifs is 1. The fourth-order valence-corrected chi connectivity index (χ4v) is 1.54. The van der Waals surface area contributed by atoms with Crippen molar-refractivity contribution in [1.82, 2.24) is 4.98 Å². The number of carbonyl (C=O) groups is 1. The van der Waals surface area contributed by atoms with Crippen molar-refractivity contribution in [2.75, 3.05) is 0 Å². The summed E-state index contributed by atoms with van der Waals surface area (Å²) in [6.07, 6.45) is 1.73. The zero-order valence-corrected chi connectivity index (χ0v) is 8.65. The molecule has 1 aromatic carbocycles. The highest BCUT2D eigenvalue weighted by Gasteiger charge is 2.06. The maximum absolute atomic E-state index is 10.9. The molecule has 0 aliphatic heterocycles. The summed E-state index contributed by atoms with van der Waals surface area (Å²) in [5, 5.41) is 1.05. The van der Waals surface area contributed by atoms with Gasteiger partial charge >= 0.3 is 5.97 Å². The van der Waals surface area contributed by atoms with Crippen molar-refractivity contribution in [2.24, 2.45) is 0 Å². The minimum Gasteiger partial charge on any atom is -0.426 e. The molecular formula is C12H11NO2. The first-order valence-electron chi connectivity index (χ1n) is 4.71. The van der Waals surface area contributed by atoms with Crippen molar-refractivity contribution >= 4 is 16.9 Å². The van der Waals surface area contributed by atoms with Gasteiger partial charge in [0.25, 0.3) is 0 Å². The molecule has 2 rings (SSSR count). The largest absolute Gasteiger partial charge is 0.426 e. The molecule has 0 bridgehead atoms. The Bertz CT molecular complexity index is 520. The number of ether oxygens (including phenoxy) is 1. The number of nitrogens with zero attached hydrogens (tertiary/aromatic N) is 1. The van der Waals surface area contributed by atoms with Crippen LogP contribution in [0.25, 0.3) is 10.9 Å². The SMILES string of the molecule is CC(=O)Oc1ccc2cccnc2c1C. The summed E-state index contributed by atoms with van der Waals surface area (Å²) < 4.78 is 5.07. The first-order chi connectivity index (χ1) is 7.18. The van der Waals surface area contributed by atoms with E-state index in [-0.39, 0.29) is 5.97 Å². The lowest BCUT2D eigenvalue weighted by molar-refractivity contribution is -0.131. The number of hydrogen-bond acceptors (Lipinski definition) is 3. The number of rotatable bonds is 1. The van der Waals surface area contributed by atoms with Crippen molar-refractivity contribution < 1.29 is 9.53 Å². The number of carbonyl (C=O) groups excluding carboxylic acids is 1. The zero-order valence-electron chi connectivity index (χ0n) is 8.65. The summed E-state index contributed by atoms with van der Waals surface area (Å²) in [5.74, 6) is 0.266. The van der Waals surface area contributed by atoms with Crippen LogP contribution < -0.4 is 4.74 Å². The van der Waals surface area contributed by atoms with E-state index in [9.17, 15) is 4.79 Å². The Hall–Kier alpha value is -1.90. The Balaban J connectivity index is 2.59. The first kappa shape index (κ1) is 9.65. The minimum absolute atomic E-state index is 0.312. The molecule has 0 aliphatic carbocycles. The molecule has 0 spiro atoms. The summed E-state index contributed by atoms with van der Waals surface area (Å²) >= 11 is 0. The van der Waals surface area contributed by atoms with Gasteiger partial charge in [0.15, 0.2) is 0 Å². The van der Waals surface area contributed by atoms with Crippen molar-refractivity contribution in [2.45, 2.75) is 13.8 Å². The highest BCUT2D eigenvalue weighted by atomic mass is 16.5. The Labute approximate surface area is 87.7 Å². The van der Waals surface area contributed by atoms with Crippen LogP contribution in [0.4, 0.5) is 0 Å². The van der Waals surface area contributed by atoms with E-state index in [2.05, 4.69) is 4.98 Å². The maximum Gasteiger partial charge on any atom is 0.308 e. The van der Waals surface area contributed by atoms with Gasteiger partial charge in [0.05, 0.1) is 5.52 Å². The van der Waals surface area contributed by atoms with Crippen molar-refractivity contribution in [3.8, 4) is 5.75 Å². The third kappa shape index (κ3) is 1.81. The standard InChI is InChI=1S/C12H11NO2/c1-8-11(15-9(2)14)6-5-10-4-3-7-13-12(8)10/h3-7H,1-2H3. The van der Waals surface area contributed by atoms with E-state index < -0.39 is 0 Å². The van der Waals surface area contributed by atoms with Crippen molar-refractivity contribution in [3.05, 3.63) is 36.0 Å². The van der Waals surface area contributed by atoms with Crippen LogP contribution in [0, 0.1) is 6.92 Å². The molecular weight excluding hydrogens is 190 g/mol. The smallest absolute Gasteiger partial charge is 0.308 e. The summed E-state index contributed by atoms with van der Waals surface area (Å²) in [4.78, 5) is 15.1. The molecule has 15 heavy (non-hydrogen) atoms. The average molecular weight is 201 g/mol. The fourth-order valence-electron chi connectivity index (χ4n) is 1.54. The second-order valence-corrected chi connectivity index (χ2v) is 3.36. The Morgan fingerprint density at radius 3 is 2.87 bits per heavy atom. The van der Waals surface area contributed by atoms with Crippen LogP contribution in [0.1, 0.15) is 12.5 Å². The summed E-state index contributed by atoms with van der Waals surface area (Å²) in [5.41, 5.74) is 1.76. The fraction of sp³-hybridized carbons (Fsp3) is 0.167. The topological polar surface area (TPSA) is 39.2 Å². The average Bonchev–Trinajstić information content (AvgIpc) is 2.22. The van der Waals surface area contributed by atoms with E-state index in [4.69, 9.17) is 4.74 Å². The number of esters is 1. The molecule has 0 amide bonds. The number of aryl methyl sites for hydroxylation is 1. The van der Waals surface area contributed by atoms with Gasteiger partial charge in [-0.25, -0.2) is 0 Å². The normalized spacial score (nSPS) is 10.3. The van der Waals surface area contributed by atoms with Crippen LogP contribution in [-0.2, 0) is 4.79 Å². The number of aromatic nitrogens is 1. The lowest BCUT2D eigenvalue weighted by Gasteiger charge is -2.07. The zero-order chi connectivity index (χ0) is 10.8. The van der Waals surface area contributed by atoms with Crippen LogP contribution in [0.3, 0.4) is 0 Å². The molecule has 0 N–H and O–H groups in total. The molecule has 0 atom stereocenters. The van der Waals surface area contributed by atoms with Gasteiger partial charge in [-0.05, 0) is 25.1 Å². The highest BCUT2D eigenvalue weighted by molar-refractivity contribution is 5.84. The first-order valence-corrected chi connectivity index (χ1v) is 4.71. The third-order valence-corrected chi connectivity index (χ3v) is 2.23. The quantitative estimate of drug-likeness (QED) is 0.525. The van der Waals surface area contributed by atoms with Crippen LogP contribution in [0.15, 0.2) is 30.5 Å². The van der Waals surface area contributed by atoms with E-state index in [1.165, 1.54) is 6.92 Å². The van der Waals surface area contributed by atoms with Gasteiger partial charge in [-0.3, -0.25) is 9.78 Å². The van der Waals surface area contributed by atoms with E-state index in [1.807, 2.05) is 25.1 Å². The second-order valence-electron chi connectivity index (χ2n) is 3.36. The molecule has 3 heteroatoms. The van der Waals surface area contributed by atoms with Gasteiger partial charge in [0, 0.05) is 24.1 Å². The Morgan fingerprint density at radius 1 is 1.33 bits per heavy atom. The Kier molecular flexibility index (Phi) is 2.37. The summed E-state index contributed by atoms with van der Waals surface area (Å²) in [6, 6.07) is 7.55. The molecule has 2 aromatic rings. The molecule has 0 saturated heterocycles. The molecule has 0 fully saturated rings. The molecule has 0 saturated carbocycles. The number of benzene rings is 1. The minimum atomic E-state index is -0.312. The van der Waals surface area contributed by atoms with Crippen LogP contribution in [0.5, 0.6) is 5.75 Å². The maximum atomic E-state index is 10.9. The lowest BCUT2D eigenvalue weighted by Crippen LogP contribution is -2.03. The predicted molar refractivity (Wildman–Crippen MR) is 57.8 cm³/mol. The van der Waals surface area contributed by atoms with Gasteiger partial charge in [0.2, 0.25) is 0 Å². The molecule has 3 nitrogen and oxygen atoms in total. The van der Waals surface area contributed by atoms with Crippen molar-refractivity contribution in [1.29, 1.82) is 0 Å². The van der Waals surface area contributed by atoms with Gasteiger partial charge in [-0.1, -0.05) is 6.07 Å². The molecule has 1 heterocycles. The third-order valence-electron chi connectivity index (χ3n) is 2.23. The van der Waals surface area contributed by atoms with Crippen molar-refractivity contribution in [3.63, 3.8) is 0 Å². The number of hydrogen-bond donors (Lipinski definition) is 0. The van der Waals surface area contributed by atoms with Crippen LogP contribution >= 0.6 is 0 Å². The summed E-state index contributed by atoms with van der Waals surface area (Å²) in [6.45, 7) is 3.29. The van der Waals surface area contributed by atoms with E-state index in [1.54, 1.807) is 12.3 Å². The van der Waals surface area contributed by atoms with E-state index in [0.717, 1.165) is 16.5 Å². The van der Waals surface area contributed by atoms with Gasteiger partial charge in [-0.2, -0.15) is 0 Å². The summed E-state index contributed by atoms with van der Waals surface area (Å²) in [7, 11) is 0. The van der Waals surface area contributed by atoms with Crippen LogP contribution in [-0.4, -0.2) is 11.0 Å². The molecule has 0 radical (unpaired) electrons. The van der Waals surface area contributed by atoms with Gasteiger partial charge in [0.1, 0.15) is 5.75 Å². The number of pyridine rings is 1. The molecule has 76 valence electrons. The highest BCUT2D eigenvalue weighted by Crippen LogP contribution is 2.25.